The van der Waals surface area contributed by atoms with Gasteiger partial charge in [-0.3, -0.25) is 4.79 Å². The third kappa shape index (κ3) is 6.89. The van der Waals surface area contributed by atoms with Crippen LogP contribution in [0.25, 0.3) is 10.4 Å². The van der Waals surface area contributed by atoms with Crippen molar-refractivity contribution in [2.75, 3.05) is 5.32 Å². The van der Waals surface area contributed by atoms with Gasteiger partial charge < -0.3 is 15.7 Å². The van der Waals surface area contributed by atoms with E-state index in [1.165, 1.54) is 4.88 Å². The van der Waals surface area contributed by atoms with Crippen LogP contribution in [-0.2, 0) is 24.2 Å². The maximum absolute atomic E-state index is 13.1. The number of carboxylic acids is 1. The third-order valence-corrected chi connectivity index (χ3v) is 7.59. The molecule has 8 heteroatoms. The molecule has 0 saturated carbocycles. The lowest BCUT2D eigenvalue weighted by Gasteiger charge is -2.18. The molecular formula is C31H30N4O3S. The van der Waals surface area contributed by atoms with Crippen LogP contribution in [0, 0.1) is 25.2 Å². The van der Waals surface area contributed by atoms with E-state index in [-0.39, 0.29) is 6.42 Å². The van der Waals surface area contributed by atoms with Gasteiger partial charge >= 0.3 is 5.97 Å². The van der Waals surface area contributed by atoms with Crippen molar-refractivity contribution in [3.63, 3.8) is 0 Å². The average molecular weight is 539 g/mol. The first kappa shape index (κ1) is 27.6. The summed E-state index contributed by atoms with van der Waals surface area (Å²) in [6, 6.07) is 20.2. The average Bonchev–Trinajstić information content (AvgIpc) is 3.40. The smallest absolute Gasteiger partial charge is 0.326 e. The van der Waals surface area contributed by atoms with Crippen molar-refractivity contribution >= 4 is 29.0 Å². The number of anilines is 1. The van der Waals surface area contributed by atoms with Crippen molar-refractivity contribution < 1.29 is 14.7 Å². The molecule has 39 heavy (non-hydrogen) atoms. The molecule has 0 fully saturated rings. The van der Waals surface area contributed by atoms with Gasteiger partial charge in [0.25, 0.3) is 5.91 Å². The lowest BCUT2D eigenvalue weighted by molar-refractivity contribution is -0.139. The number of carbonyl (C=O) groups is 2. The Bertz CT molecular complexity index is 1540. The third-order valence-electron chi connectivity index (χ3n) is 6.46. The molecule has 3 N–H and O–H groups in total. The number of nitrogens with one attached hydrogen (secondary N) is 2. The van der Waals surface area contributed by atoms with Crippen molar-refractivity contribution in [2.45, 2.75) is 46.2 Å². The summed E-state index contributed by atoms with van der Waals surface area (Å²) in [4.78, 5) is 31.7. The quantitative estimate of drug-likeness (QED) is 0.232. The highest BCUT2D eigenvalue weighted by Gasteiger charge is 2.24. The number of hydrogen-bond acceptors (Lipinski definition) is 6. The van der Waals surface area contributed by atoms with Crippen LogP contribution in [0.4, 0.5) is 5.82 Å². The fourth-order valence-electron chi connectivity index (χ4n) is 4.44. The van der Waals surface area contributed by atoms with Gasteiger partial charge in [0.05, 0.1) is 18.2 Å². The highest BCUT2D eigenvalue weighted by atomic mass is 32.1. The zero-order valence-electron chi connectivity index (χ0n) is 22.1. The topological polar surface area (TPSA) is 115 Å². The summed E-state index contributed by atoms with van der Waals surface area (Å²) in [5.74, 6) is -0.705. The normalized spacial score (nSPS) is 11.4. The summed E-state index contributed by atoms with van der Waals surface area (Å²) < 4.78 is 0. The molecule has 0 aliphatic rings. The Morgan fingerprint density at radius 3 is 2.51 bits per heavy atom. The van der Waals surface area contributed by atoms with Crippen LogP contribution in [0.5, 0.6) is 0 Å². The van der Waals surface area contributed by atoms with Gasteiger partial charge in [-0.25, -0.2) is 9.78 Å². The number of hydrogen-bond donors (Lipinski definition) is 3. The molecule has 0 radical (unpaired) electrons. The van der Waals surface area contributed by atoms with Crippen molar-refractivity contribution in [2.24, 2.45) is 0 Å². The number of aryl methyl sites for hydroxylation is 3. The standard InChI is InChI=1S/C31H30N4O3S/c1-4-23-15-22(17-32)14-20(3)29(23)30(36)35-26(31(37)38)16-21-5-7-24(8-6-21)27-10-9-25(39-27)18-34-28-13-19(2)11-12-33-28/h5-15,26H,4,16,18H2,1-3H3,(H,33,34)(H,35,36)(H,37,38). The van der Waals surface area contributed by atoms with E-state index in [1.54, 1.807) is 36.6 Å². The Hall–Kier alpha value is -4.48. The van der Waals surface area contributed by atoms with E-state index in [0.717, 1.165) is 32.9 Å². The van der Waals surface area contributed by atoms with E-state index >= 15 is 0 Å². The second kappa shape index (κ2) is 12.4. The first-order chi connectivity index (χ1) is 18.8. The molecule has 1 amide bonds. The number of aliphatic carboxylic acids is 1. The second-order valence-electron chi connectivity index (χ2n) is 9.40. The zero-order chi connectivity index (χ0) is 27.9. The lowest BCUT2D eigenvalue weighted by Crippen LogP contribution is -2.42. The minimum absolute atomic E-state index is 0.154. The highest BCUT2D eigenvalue weighted by Crippen LogP contribution is 2.29. The Balaban J connectivity index is 1.42. The molecule has 0 saturated heterocycles. The maximum Gasteiger partial charge on any atom is 0.326 e. The number of aromatic nitrogens is 1. The largest absolute Gasteiger partial charge is 0.480 e. The van der Waals surface area contributed by atoms with Crippen LogP contribution in [0.15, 0.2) is 66.9 Å². The van der Waals surface area contributed by atoms with Crippen molar-refractivity contribution in [3.05, 3.63) is 105 Å². The summed E-state index contributed by atoms with van der Waals surface area (Å²) in [5.41, 5.74) is 5.28. The van der Waals surface area contributed by atoms with Gasteiger partial charge in [-0.2, -0.15) is 5.26 Å². The van der Waals surface area contributed by atoms with Gasteiger partial charge in [0.2, 0.25) is 0 Å². The lowest BCUT2D eigenvalue weighted by atomic mass is 9.95. The summed E-state index contributed by atoms with van der Waals surface area (Å²) in [5, 5.41) is 25.1. The molecule has 1 unspecified atom stereocenters. The number of amides is 1. The number of nitriles is 1. The van der Waals surface area contributed by atoms with E-state index in [9.17, 15) is 20.0 Å². The number of rotatable bonds is 10. The Kier molecular flexibility index (Phi) is 8.74. The van der Waals surface area contributed by atoms with E-state index in [4.69, 9.17) is 0 Å². The van der Waals surface area contributed by atoms with E-state index in [0.29, 0.717) is 29.7 Å². The molecule has 4 aromatic rings. The van der Waals surface area contributed by atoms with E-state index in [1.807, 2.05) is 50.2 Å². The summed E-state index contributed by atoms with van der Waals surface area (Å²) in [6.45, 7) is 6.37. The fourth-order valence-corrected chi connectivity index (χ4v) is 5.39. The van der Waals surface area contributed by atoms with E-state index in [2.05, 4.69) is 33.8 Å². The molecule has 2 aromatic heterocycles. The van der Waals surface area contributed by atoms with Crippen LogP contribution in [0.1, 0.15) is 50.0 Å². The number of thiophene rings is 1. The fraction of sp³-hybridized carbons (Fsp3) is 0.226. The zero-order valence-corrected chi connectivity index (χ0v) is 22.9. The number of carbonyl (C=O) groups excluding carboxylic acids is 1. The molecule has 0 spiro atoms. The second-order valence-corrected chi connectivity index (χ2v) is 10.6. The Labute approximate surface area is 232 Å². The van der Waals surface area contributed by atoms with Gasteiger partial charge in [-0.15, -0.1) is 11.3 Å². The van der Waals surface area contributed by atoms with Crippen LogP contribution < -0.4 is 10.6 Å². The minimum Gasteiger partial charge on any atom is -0.480 e. The summed E-state index contributed by atoms with van der Waals surface area (Å²) >= 11 is 1.69. The molecule has 0 aliphatic heterocycles. The number of benzene rings is 2. The van der Waals surface area contributed by atoms with Crippen molar-refractivity contribution in [1.29, 1.82) is 5.26 Å². The van der Waals surface area contributed by atoms with Gasteiger partial charge in [-0.05, 0) is 84.5 Å². The van der Waals surface area contributed by atoms with Crippen molar-refractivity contribution in [1.82, 2.24) is 10.3 Å². The molecule has 0 aliphatic carbocycles. The van der Waals surface area contributed by atoms with Crippen LogP contribution >= 0.6 is 11.3 Å². The first-order valence-corrected chi connectivity index (χ1v) is 13.5. The van der Waals surface area contributed by atoms with Gasteiger partial charge in [0, 0.05) is 27.9 Å². The predicted molar refractivity (Wildman–Crippen MR) is 154 cm³/mol. The van der Waals surface area contributed by atoms with Crippen LogP contribution in [0.3, 0.4) is 0 Å². The number of pyridine rings is 1. The summed E-state index contributed by atoms with van der Waals surface area (Å²) in [6.07, 6.45) is 2.50. The molecular weight excluding hydrogens is 508 g/mol. The minimum atomic E-state index is -1.10. The Morgan fingerprint density at radius 2 is 1.85 bits per heavy atom. The van der Waals surface area contributed by atoms with Gasteiger partial charge in [0.1, 0.15) is 11.9 Å². The monoisotopic (exact) mass is 538 g/mol. The maximum atomic E-state index is 13.1. The molecule has 4 rings (SSSR count). The highest BCUT2D eigenvalue weighted by molar-refractivity contribution is 7.15. The van der Waals surface area contributed by atoms with Gasteiger partial charge in [0.15, 0.2) is 0 Å². The molecule has 198 valence electrons. The SMILES string of the molecule is CCc1cc(C#N)cc(C)c1C(=O)NC(Cc1ccc(-c2ccc(CNc3cc(C)ccn3)s2)cc1)C(=O)O. The van der Waals surface area contributed by atoms with E-state index < -0.39 is 17.9 Å². The molecule has 0 bridgehead atoms. The number of nitrogens with zero attached hydrogens (tertiary/aromatic N) is 2. The van der Waals surface area contributed by atoms with Crippen LogP contribution in [0.2, 0.25) is 0 Å². The summed E-state index contributed by atoms with van der Waals surface area (Å²) in [7, 11) is 0. The first-order valence-electron chi connectivity index (χ1n) is 12.7. The van der Waals surface area contributed by atoms with Crippen LogP contribution in [-0.4, -0.2) is 28.0 Å². The molecule has 2 heterocycles. The van der Waals surface area contributed by atoms with Crippen molar-refractivity contribution in [3.8, 4) is 16.5 Å². The predicted octanol–water partition coefficient (Wildman–Crippen LogP) is 5.90. The molecule has 2 aromatic carbocycles. The van der Waals surface area contributed by atoms with Gasteiger partial charge in [-0.1, -0.05) is 31.2 Å². The molecule has 7 nitrogen and oxygen atoms in total. The number of carboxylic acid groups (broad SMARTS) is 1. The molecule has 1 atom stereocenters. The Morgan fingerprint density at radius 1 is 1.08 bits per heavy atom.